The predicted octanol–water partition coefficient (Wildman–Crippen LogP) is 2.46. The zero-order chi connectivity index (χ0) is 12.3. The Hall–Kier alpha value is -1.06. The van der Waals surface area contributed by atoms with E-state index < -0.39 is 0 Å². The zero-order valence-corrected chi connectivity index (χ0v) is 10.5. The van der Waals surface area contributed by atoms with Gasteiger partial charge in [0.15, 0.2) is 0 Å². The number of aryl methyl sites for hydroxylation is 1. The molecular weight excluding hydrogens is 216 g/mol. The summed E-state index contributed by atoms with van der Waals surface area (Å²) in [6, 6.07) is 6.10. The van der Waals surface area contributed by atoms with E-state index >= 15 is 0 Å². The minimum absolute atomic E-state index is 0.0263. The van der Waals surface area contributed by atoms with Crippen molar-refractivity contribution in [3.05, 3.63) is 29.3 Å². The lowest BCUT2D eigenvalue weighted by atomic mass is 9.89. The van der Waals surface area contributed by atoms with Crippen molar-refractivity contribution in [2.75, 3.05) is 20.3 Å². The molecule has 1 heterocycles. The van der Waals surface area contributed by atoms with Crippen LogP contribution in [0, 0.1) is 12.8 Å². The highest BCUT2D eigenvalue weighted by Crippen LogP contribution is 2.34. The normalized spacial score (nSPS) is 24.6. The minimum atomic E-state index is 0.0263. The quantitative estimate of drug-likeness (QED) is 0.876. The third kappa shape index (κ3) is 2.61. The van der Waals surface area contributed by atoms with Crippen LogP contribution >= 0.6 is 0 Å². The first-order valence-corrected chi connectivity index (χ1v) is 6.13. The lowest BCUT2D eigenvalue weighted by Crippen LogP contribution is -2.25. The molecule has 3 nitrogen and oxygen atoms in total. The van der Waals surface area contributed by atoms with Gasteiger partial charge in [-0.25, -0.2) is 0 Å². The lowest BCUT2D eigenvalue weighted by molar-refractivity contribution is -0.0457. The average Bonchev–Trinajstić information content (AvgIpc) is 2.38. The molecule has 1 N–H and O–H groups in total. The summed E-state index contributed by atoms with van der Waals surface area (Å²) < 4.78 is 11.0. The molecule has 3 heteroatoms. The van der Waals surface area contributed by atoms with Gasteiger partial charge >= 0.3 is 0 Å². The van der Waals surface area contributed by atoms with Crippen LogP contribution in [0.1, 0.15) is 30.1 Å². The summed E-state index contributed by atoms with van der Waals surface area (Å²) in [5.41, 5.74) is 2.25. The fourth-order valence-corrected chi connectivity index (χ4v) is 2.48. The Morgan fingerprint density at radius 2 is 2.29 bits per heavy atom. The Labute approximate surface area is 102 Å². The molecule has 0 radical (unpaired) electrons. The minimum Gasteiger partial charge on any atom is -0.496 e. The van der Waals surface area contributed by atoms with Crippen LogP contribution in [0.2, 0.25) is 0 Å². The molecule has 1 aromatic rings. The number of hydrogen-bond acceptors (Lipinski definition) is 3. The molecule has 2 unspecified atom stereocenters. The van der Waals surface area contributed by atoms with Crippen molar-refractivity contribution < 1.29 is 14.6 Å². The van der Waals surface area contributed by atoms with Crippen LogP contribution in [0.4, 0.5) is 0 Å². The Morgan fingerprint density at radius 1 is 1.47 bits per heavy atom. The summed E-state index contributed by atoms with van der Waals surface area (Å²) in [5.74, 6) is 1.11. The van der Waals surface area contributed by atoms with Crippen molar-refractivity contribution in [1.82, 2.24) is 0 Å². The molecule has 2 atom stereocenters. The van der Waals surface area contributed by atoms with Gasteiger partial charge in [-0.2, -0.15) is 0 Å². The molecule has 94 valence electrons. The largest absolute Gasteiger partial charge is 0.496 e. The van der Waals surface area contributed by atoms with Crippen molar-refractivity contribution >= 4 is 0 Å². The van der Waals surface area contributed by atoms with Gasteiger partial charge in [0.2, 0.25) is 0 Å². The Kier molecular flexibility index (Phi) is 4.02. The molecule has 1 fully saturated rings. The summed E-state index contributed by atoms with van der Waals surface area (Å²) in [5, 5.41) is 9.39. The number of ether oxygens (including phenoxy) is 2. The third-order valence-electron chi connectivity index (χ3n) is 3.43. The van der Waals surface area contributed by atoms with Crippen LogP contribution in [-0.2, 0) is 4.74 Å². The third-order valence-corrected chi connectivity index (χ3v) is 3.43. The molecule has 17 heavy (non-hydrogen) atoms. The van der Waals surface area contributed by atoms with Gasteiger partial charge in [-0.15, -0.1) is 0 Å². The fraction of sp³-hybridized carbons (Fsp3) is 0.571. The molecule has 0 aromatic heterocycles. The maximum atomic E-state index is 9.39. The van der Waals surface area contributed by atoms with E-state index in [1.54, 1.807) is 7.11 Å². The number of rotatable bonds is 3. The van der Waals surface area contributed by atoms with E-state index in [-0.39, 0.29) is 18.6 Å². The van der Waals surface area contributed by atoms with E-state index in [0.717, 1.165) is 36.3 Å². The smallest absolute Gasteiger partial charge is 0.121 e. The summed E-state index contributed by atoms with van der Waals surface area (Å²) in [6.07, 6.45) is 2.10. The van der Waals surface area contributed by atoms with Crippen LogP contribution in [0.25, 0.3) is 0 Å². The number of methoxy groups -OCH3 is 1. The Balaban J connectivity index is 2.23. The summed E-state index contributed by atoms with van der Waals surface area (Å²) in [7, 11) is 1.68. The monoisotopic (exact) mass is 236 g/mol. The first-order valence-electron chi connectivity index (χ1n) is 6.13. The predicted molar refractivity (Wildman–Crippen MR) is 66.2 cm³/mol. The maximum absolute atomic E-state index is 9.39. The van der Waals surface area contributed by atoms with Gasteiger partial charge in [-0.05, 0) is 43.0 Å². The molecule has 1 aromatic carbocycles. The number of aliphatic hydroxyl groups is 1. The molecule has 0 amide bonds. The highest BCUT2D eigenvalue weighted by Gasteiger charge is 2.27. The van der Waals surface area contributed by atoms with Gasteiger partial charge in [0, 0.05) is 19.1 Å². The number of hydrogen-bond donors (Lipinski definition) is 1. The SMILES string of the molecule is COc1ccc(C2OCCCC2CO)cc1C. The highest BCUT2D eigenvalue weighted by molar-refractivity contribution is 5.37. The van der Waals surface area contributed by atoms with Gasteiger partial charge in [0.1, 0.15) is 5.75 Å². The lowest BCUT2D eigenvalue weighted by Gasteiger charge is -2.31. The van der Waals surface area contributed by atoms with Crippen LogP contribution < -0.4 is 4.74 Å². The standard InChI is InChI=1S/C14H20O3/c1-10-8-11(5-6-13(10)16-2)14-12(9-15)4-3-7-17-14/h5-6,8,12,14-15H,3-4,7,9H2,1-2H3. The Morgan fingerprint density at radius 3 is 2.94 bits per heavy atom. The van der Waals surface area contributed by atoms with Crippen molar-refractivity contribution in [1.29, 1.82) is 0 Å². The van der Waals surface area contributed by atoms with Crippen molar-refractivity contribution in [2.45, 2.75) is 25.9 Å². The van der Waals surface area contributed by atoms with Gasteiger partial charge in [0.25, 0.3) is 0 Å². The molecule has 0 saturated carbocycles. The van der Waals surface area contributed by atoms with Gasteiger partial charge in [-0.1, -0.05) is 6.07 Å². The second kappa shape index (κ2) is 5.52. The van der Waals surface area contributed by atoms with E-state index in [1.165, 1.54) is 0 Å². The van der Waals surface area contributed by atoms with E-state index in [1.807, 2.05) is 19.1 Å². The fourth-order valence-electron chi connectivity index (χ4n) is 2.48. The highest BCUT2D eigenvalue weighted by atomic mass is 16.5. The van der Waals surface area contributed by atoms with Gasteiger partial charge < -0.3 is 14.6 Å². The maximum Gasteiger partial charge on any atom is 0.121 e. The van der Waals surface area contributed by atoms with E-state index in [2.05, 4.69) is 6.07 Å². The van der Waals surface area contributed by atoms with Crippen molar-refractivity contribution in [2.24, 2.45) is 5.92 Å². The summed E-state index contributed by atoms with van der Waals surface area (Å²) in [4.78, 5) is 0. The molecule has 0 aliphatic carbocycles. The van der Waals surface area contributed by atoms with E-state index in [4.69, 9.17) is 9.47 Å². The van der Waals surface area contributed by atoms with Crippen LogP contribution in [0.15, 0.2) is 18.2 Å². The topological polar surface area (TPSA) is 38.7 Å². The Bertz CT molecular complexity index is 376. The molecule has 0 spiro atoms. The molecule has 0 bridgehead atoms. The first kappa shape index (κ1) is 12.4. The summed E-state index contributed by atoms with van der Waals surface area (Å²) >= 11 is 0. The van der Waals surface area contributed by atoms with Crippen LogP contribution in [-0.4, -0.2) is 25.4 Å². The molecule has 2 rings (SSSR count). The zero-order valence-electron chi connectivity index (χ0n) is 10.5. The molecule has 1 aliphatic heterocycles. The van der Waals surface area contributed by atoms with E-state index in [9.17, 15) is 5.11 Å². The van der Waals surface area contributed by atoms with Crippen LogP contribution in [0.3, 0.4) is 0 Å². The number of benzene rings is 1. The molecular formula is C14H20O3. The van der Waals surface area contributed by atoms with E-state index in [0.29, 0.717) is 0 Å². The average molecular weight is 236 g/mol. The van der Waals surface area contributed by atoms with Crippen LogP contribution in [0.5, 0.6) is 5.75 Å². The van der Waals surface area contributed by atoms with Gasteiger partial charge in [-0.3, -0.25) is 0 Å². The van der Waals surface area contributed by atoms with Crippen molar-refractivity contribution in [3.63, 3.8) is 0 Å². The number of aliphatic hydroxyl groups excluding tert-OH is 1. The van der Waals surface area contributed by atoms with Gasteiger partial charge in [0.05, 0.1) is 13.2 Å². The second-order valence-corrected chi connectivity index (χ2v) is 4.61. The second-order valence-electron chi connectivity index (χ2n) is 4.61. The summed E-state index contributed by atoms with van der Waals surface area (Å²) in [6.45, 7) is 3.00. The molecule has 1 aliphatic rings. The molecule has 1 saturated heterocycles. The van der Waals surface area contributed by atoms with Crippen molar-refractivity contribution in [3.8, 4) is 5.75 Å². The first-order chi connectivity index (χ1) is 8.26.